The fourth-order valence-electron chi connectivity index (χ4n) is 2.59. The van der Waals surface area contributed by atoms with Crippen LogP contribution in [0.3, 0.4) is 0 Å². The van der Waals surface area contributed by atoms with Crippen LogP contribution in [0.4, 0.5) is 5.82 Å². The molecule has 0 aliphatic heterocycles. The molecule has 0 spiro atoms. The van der Waals surface area contributed by atoms with Crippen LogP contribution in [0.5, 0.6) is 5.75 Å². The number of hydrogen-bond donors (Lipinski definition) is 1. The lowest BCUT2D eigenvalue weighted by molar-refractivity contribution is 0.416. The van der Waals surface area contributed by atoms with Gasteiger partial charge in [0.2, 0.25) is 0 Å². The van der Waals surface area contributed by atoms with Gasteiger partial charge < -0.3 is 10.5 Å². The number of benzene rings is 2. The molecule has 0 amide bonds. The Morgan fingerprint density at radius 3 is 2.52 bits per heavy atom. The summed E-state index contributed by atoms with van der Waals surface area (Å²) in [6, 6.07) is 16.4. The molecule has 0 aliphatic carbocycles. The van der Waals surface area contributed by atoms with Crippen molar-refractivity contribution < 1.29 is 4.74 Å². The van der Waals surface area contributed by atoms with E-state index in [1.807, 2.05) is 24.3 Å². The number of aromatic nitrogens is 1. The van der Waals surface area contributed by atoms with Crippen molar-refractivity contribution in [3.8, 4) is 34.2 Å². The quantitative estimate of drug-likeness (QED) is 0.689. The number of nitriles is 1. The average Bonchev–Trinajstić information content (AvgIpc) is 2.63. The fourth-order valence-corrected chi connectivity index (χ4v) is 2.98. The van der Waals surface area contributed by atoms with Crippen LogP contribution in [-0.2, 0) is 0 Å². The topological polar surface area (TPSA) is 71.9 Å². The van der Waals surface area contributed by atoms with E-state index < -0.39 is 0 Å². The van der Waals surface area contributed by atoms with Crippen molar-refractivity contribution in [1.82, 2.24) is 4.98 Å². The number of rotatable bonds is 3. The van der Waals surface area contributed by atoms with E-state index >= 15 is 0 Å². The average molecular weight is 370 g/mol. The minimum Gasteiger partial charge on any atom is -0.496 e. The Hall–Kier alpha value is -2.74. The zero-order valence-electron chi connectivity index (χ0n) is 13.3. The minimum atomic E-state index is 0.122. The van der Waals surface area contributed by atoms with Gasteiger partial charge in [-0.15, -0.1) is 0 Å². The van der Waals surface area contributed by atoms with Gasteiger partial charge in [-0.05, 0) is 30.3 Å². The van der Waals surface area contributed by atoms with Crippen LogP contribution in [-0.4, -0.2) is 12.1 Å². The summed E-state index contributed by atoms with van der Waals surface area (Å²) in [5.41, 5.74) is 8.86. The van der Waals surface area contributed by atoms with Crippen molar-refractivity contribution in [2.45, 2.75) is 0 Å². The van der Waals surface area contributed by atoms with Gasteiger partial charge in [-0.3, -0.25) is 0 Å². The molecule has 0 saturated carbocycles. The predicted molar refractivity (Wildman–Crippen MR) is 101 cm³/mol. The first kappa shape index (κ1) is 17.1. The molecule has 4 nitrogen and oxygen atoms in total. The molecule has 6 heteroatoms. The summed E-state index contributed by atoms with van der Waals surface area (Å²) in [4.78, 5) is 4.33. The molecule has 0 atom stereocenters. The summed E-state index contributed by atoms with van der Waals surface area (Å²) in [5.74, 6) is 0.754. The zero-order chi connectivity index (χ0) is 18.0. The van der Waals surface area contributed by atoms with Crippen LogP contribution in [0.1, 0.15) is 5.56 Å². The molecule has 0 unspecified atom stereocenters. The van der Waals surface area contributed by atoms with Crippen LogP contribution in [0.15, 0.2) is 48.5 Å². The van der Waals surface area contributed by atoms with Crippen molar-refractivity contribution in [3.63, 3.8) is 0 Å². The number of anilines is 1. The molecule has 0 saturated heterocycles. The van der Waals surface area contributed by atoms with Crippen LogP contribution in [0.2, 0.25) is 10.0 Å². The van der Waals surface area contributed by atoms with Gasteiger partial charge in [0.25, 0.3) is 0 Å². The molecular formula is C19H13Cl2N3O. The van der Waals surface area contributed by atoms with Crippen molar-refractivity contribution in [2.24, 2.45) is 0 Å². The molecule has 1 aromatic heterocycles. The lowest BCUT2D eigenvalue weighted by atomic mass is 9.97. The van der Waals surface area contributed by atoms with Gasteiger partial charge in [-0.25, -0.2) is 4.98 Å². The number of nitrogens with two attached hydrogens (primary N) is 1. The maximum Gasteiger partial charge on any atom is 0.142 e. The Balaban J connectivity index is 2.31. The van der Waals surface area contributed by atoms with E-state index in [0.29, 0.717) is 32.6 Å². The van der Waals surface area contributed by atoms with Crippen molar-refractivity contribution >= 4 is 29.0 Å². The molecule has 2 N–H and O–H groups in total. The van der Waals surface area contributed by atoms with E-state index in [0.717, 1.165) is 5.56 Å². The summed E-state index contributed by atoms with van der Waals surface area (Å²) < 4.78 is 5.41. The van der Waals surface area contributed by atoms with E-state index in [1.165, 1.54) is 0 Å². The molecule has 1 heterocycles. The van der Waals surface area contributed by atoms with Crippen molar-refractivity contribution in [2.75, 3.05) is 12.8 Å². The monoisotopic (exact) mass is 369 g/mol. The maximum absolute atomic E-state index is 9.53. The molecule has 124 valence electrons. The third kappa shape index (κ3) is 3.25. The van der Waals surface area contributed by atoms with Crippen LogP contribution in [0.25, 0.3) is 22.4 Å². The highest BCUT2D eigenvalue weighted by atomic mass is 35.5. The third-order valence-corrected chi connectivity index (χ3v) is 4.33. The standard InChI is InChI=1S/C19H13Cl2N3O/c1-25-18-5-3-2-4-12(18)13-9-17(24-19(23)15(13)10-22)14-8-11(20)6-7-16(14)21/h2-9H,1H3,(H2,23,24). The predicted octanol–water partition coefficient (Wildman–Crippen LogP) is 5.18. The summed E-state index contributed by atoms with van der Waals surface area (Å²) in [5, 5.41) is 10.5. The smallest absolute Gasteiger partial charge is 0.142 e. The number of ether oxygens (including phenoxy) is 1. The van der Waals surface area contributed by atoms with Gasteiger partial charge in [-0.2, -0.15) is 5.26 Å². The van der Waals surface area contributed by atoms with Gasteiger partial charge in [0, 0.05) is 21.7 Å². The highest BCUT2D eigenvalue weighted by Gasteiger charge is 2.17. The lowest BCUT2D eigenvalue weighted by Crippen LogP contribution is -2.01. The van der Waals surface area contributed by atoms with Crippen molar-refractivity contribution in [3.05, 3.63) is 64.1 Å². The molecule has 0 bridgehead atoms. The normalized spacial score (nSPS) is 10.3. The zero-order valence-corrected chi connectivity index (χ0v) is 14.8. The Kier molecular flexibility index (Phi) is 4.80. The number of nitrogens with zero attached hydrogens (tertiary/aromatic N) is 2. The van der Waals surface area contributed by atoms with Crippen LogP contribution < -0.4 is 10.5 Å². The van der Waals surface area contributed by atoms with E-state index in [9.17, 15) is 5.26 Å². The van der Waals surface area contributed by atoms with E-state index in [4.69, 9.17) is 33.7 Å². The second-order valence-electron chi connectivity index (χ2n) is 5.25. The first-order chi connectivity index (χ1) is 12.0. The SMILES string of the molecule is COc1ccccc1-c1cc(-c2cc(Cl)ccc2Cl)nc(N)c1C#N. The second-order valence-corrected chi connectivity index (χ2v) is 6.10. The van der Waals surface area contributed by atoms with E-state index in [1.54, 1.807) is 31.4 Å². The summed E-state index contributed by atoms with van der Waals surface area (Å²) in [6.07, 6.45) is 0. The minimum absolute atomic E-state index is 0.122. The fraction of sp³-hybridized carbons (Fsp3) is 0.0526. The van der Waals surface area contributed by atoms with Crippen molar-refractivity contribution in [1.29, 1.82) is 5.26 Å². The molecule has 2 aromatic carbocycles. The number of pyridine rings is 1. The first-order valence-electron chi connectivity index (χ1n) is 7.34. The van der Waals surface area contributed by atoms with Gasteiger partial charge >= 0.3 is 0 Å². The highest BCUT2D eigenvalue weighted by Crippen LogP contribution is 2.38. The second kappa shape index (κ2) is 7.02. The number of para-hydroxylation sites is 1. The van der Waals surface area contributed by atoms with Crippen LogP contribution >= 0.6 is 23.2 Å². The number of nitrogen functional groups attached to an aromatic ring is 1. The first-order valence-corrected chi connectivity index (χ1v) is 8.10. The number of hydrogen-bond acceptors (Lipinski definition) is 4. The number of methoxy groups -OCH3 is 1. The molecule has 0 fully saturated rings. The lowest BCUT2D eigenvalue weighted by Gasteiger charge is -2.13. The molecule has 0 radical (unpaired) electrons. The third-order valence-electron chi connectivity index (χ3n) is 3.76. The van der Waals surface area contributed by atoms with Gasteiger partial charge in [0.05, 0.1) is 17.8 Å². The Bertz CT molecular complexity index is 996. The molecule has 25 heavy (non-hydrogen) atoms. The molecule has 0 aliphatic rings. The van der Waals surface area contributed by atoms with Gasteiger partial charge in [0.15, 0.2) is 0 Å². The summed E-state index contributed by atoms with van der Waals surface area (Å²) >= 11 is 12.4. The van der Waals surface area contributed by atoms with Gasteiger partial charge in [0.1, 0.15) is 23.2 Å². The van der Waals surface area contributed by atoms with Gasteiger partial charge in [-0.1, -0.05) is 41.4 Å². The number of halogens is 2. The van der Waals surface area contributed by atoms with E-state index in [2.05, 4.69) is 11.1 Å². The molecular weight excluding hydrogens is 357 g/mol. The van der Waals surface area contributed by atoms with E-state index in [-0.39, 0.29) is 11.4 Å². The highest BCUT2D eigenvalue weighted by molar-refractivity contribution is 6.35. The van der Waals surface area contributed by atoms with Crippen LogP contribution in [0, 0.1) is 11.3 Å². The maximum atomic E-state index is 9.53. The Morgan fingerprint density at radius 2 is 1.80 bits per heavy atom. The Morgan fingerprint density at radius 1 is 1.04 bits per heavy atom. The molecule has 3 rings (SSSR count). The largest absolute Gasteiger partial charge is 0.496 e. The summed E-state index contributed by atoms with van der Waals surface area (Å²) in [7, 11) is 1.57. The molecule has 3 aromatic rings. The summed E-state index contributed by atoms with van der Waals surface area (Å²) in [6.45, 7) is 0. The Labute approximate surface area is 155 Å².